The normalized spacial score (nSPS) is 22.0. The fourth-order valence-electron chi connectivity index (χ4n) is 6.27. The van der Waals surface area contributed by atoms with Crippen molar-refractivity contribution in [2.24, 2.45) is 5.92 Å². The first-order chi connectivity index (χ1) is 21.6. The van der Waals surface area contributed by atoms with Gasteiger partial charge in [-0.2, -0.15) is 26.3 Å². The van der Waals surface area contributed by atoms with Crippen LogP contribution in [0.5, 0.6) is 5.75 Å². The number of benzene rings is 1. The third kappa shape index (κ3) is 6.54. The molecule has 0 spiro atoms. The van der Waals surface area contributed by atoms with E-state index >= 15 is 0 Å². The fraction of sp³-hybridized carbons (Fsp3) is 0.625. The summed E-state index contributed by atoms with van der Waals surface area (Å²) in [6.45, 7) is 6.23. The number of ether oxygens (including phenoxy) is 3. The first kappa shape index (κ1) is 35.4. The van der Waals surface area contributed by atoms with Crippen molar-refractivity contribution in [3.8, 4) is 5.75 Å². The first-order valence-electron chi connectivity index (χ1n) is 15.6. The van der Waals surface area contributed by atoms with E-state index in [1.807, 2.05) is 13.0 Å². The van der Waals surface area contributed by atoms with Crippen molar-refractivity contribution in [3.63, 3.8) is 0 Å². The minimum absolute atomic E-state index is 0.0395. The molecule has 46 heavy (non-hydrogen) atoms. The second-order valence-corrected chi connectivity index (χ2v) is 11.8. The highest BCUT2D eigenvalue weighted by molar-refractivity contribution is 6.07. The van der Waals surface area contributed by atoms with E-state index in [2.05, 4.69) is 5.32 Å². The van der Waals surface area contributed by atoms with Crippen molar-refractivity contribution in [1.82, 2.24) is 10.2 Å². The van der Waals surface area contributed by atoms with Crippen LogP contribution in [0.15, 0.2) is 35.8 Å². The lowest BCUT2D eigenvalue weighted by Crippen LogP contribution is -2.54. The van der Waals surface area contributed by atoms with Crippen LogP contribution in [0, 0.1) is 5.92 Å². The van der Waals surface area contributed by atoms with Crippen LogP contribution in [-0.2, 0) is 32.7 Å². The van der Waals surface area contributed by atoms with Gasteiger partial charge in [0.05, 0.1) is 6.61 Å². The van der Waals surface area contributed by atoms with E-state index in [1.54, 1.807) is 19.9 Å². The number of imide groups is 1. The van der Waals surface area contributed by atoms with Gasteiger partial charge >= 0.3 is 18.4 Å². The molecule has 3 aliphatic rings. The van der Waals surface area contributed by atoms with Crippen LogP contribution in [-0.4, -0.2) is 66.2 Å². The molecule has 1 fully saturated rings. The Balaban J connectivity index is 1.45. The van der Waals surface area contributed by atoms with Crippen LogP contribution in [0.2, 0.25) is 0 Å². The maximum atomic E-state index is 13.7. The highest BCUT2D eigenvalue weighted by atomic mass is 19.4. The molecule has 2 unspecified atom stereocenters. The molecule has 1 aromatic rings. The van der Waals surface area contributed by atoms with Gasteiger partial charge in [-0.05, 0) is 61.4 Å². The van der Waals surface area contributed by atoms with Gasteiger partial charge in [0.15, 0.2) is 5.76 Å². The van der Waals surface area contributed by atoms with Gasteiger partial charge in [0.2, 0.25) is 0 Å². The number of nitrogens with zero attached hydrogens (tertiary/aromatic N) is 1. The van der Waals surface area contributed by atoms with E-state index in [4.69, 9.17) is 14.2 Å². The molecule has 2 atom stereocenters. The summed E-state index contributed by atoms with van der Waals surface area (Å²) in [5.41, 5.74) is -7.23. The molecule has 0 radical (unpaired) electrons. The maximum absolute atomic E-state index is 13.7. The minimum Gasteiger partial charge on any atom is -0.493 e. The average Bonchev–Trinajstić information content (AvgIpc) is 3.25. The molecular formula is C32H40F6N2O6. The molecule has 2 heterocycles. The van der Waals surface area contributed by atoms with Crippen molar-refractivity contribution in [2.45, 2.75) is 95.6 Å². The SMILES string of the molecule is CCCc1cc(C(O)(C(F)(F)F)C(F)(F)F)cc(CCC)c1OCCCCN1C(=O)NC(CC)(C2C=CC3=C(C2)OCCO3)C1=O. The van der Waals surface area contributed by atoms with Crippen LogP contribution >= 0.6 is 0 Å². The highest BCUT2D eigenvalue weighted by Gasteiger charge is 2.71. The van der Waals surface area contributed by atoms with Crippen molar-refractivity contribution in [2.75, 3.05) is 26.4 Å². The van der Waals surface area contributed by atoms with Gasteiger partial charge in [-0.15, -0.1) is 0 Å². The van der Waals surface area contributed by atoms with Crippen molar-refractivity contribution < 1.29 is 55.2 Å². The molecule has 1 aliphatic carbocycles. The summed E-state index contributed by atoms with van der Waals surface area (Å²) in [6.07, 6.45) is -5.89. The number of amides is 3. The minimum atomic E-state index is -6.00. The summed E-state index contributed by atoms with van der Waals surface area (Å²) in [4.78, 5) is 27.7. The molecule has 0 bridgehead atoms. The van der Waals surface area contributed by atoms with Gasteiger partial charge in [0, 0.05) is 24.4 Å². The molecule has 14 heteroatoms. The van der Waals surface area contributed by atoms with Crippen molar-refractivity contribution in [3.05, 3.63) is 52.5 Å². The van der Waals surface area contributed by atoms with Crippen LogP contribution in [0.25, 0.3) is 0 Å². The Bertz CT molecular complexity index is 1320. The third-order valence-corrected chi connectivity index (χ3v) is 8.71. The Morgan fingerprint density at radius 3 is 2.15 bits per heavy atom. The summed E-state index contributed by atoms with van der Waals surface area (Å²) in [5, 5.41) is 12.9. The summed E-state index contributed by atoms with van der Waals surface area (Å²) in [6, 6.07) is 0.925. The molecule has 3 amide bonds. The summed E-state index contributed by atoms with van der Waals surface area (Å²) in [5.74, 6) is 0.753. The highest BCUT2D eigenvalue weighted by Crippen LogP contribution is 2.51. The standard InChI is InChI=1S/C32H40F6N2O6/c1-4-9-20-17-23(30(43,31(33,34)35)32(36,37)38)18-21(10-5-2)26(20)46-14-8-7-13-40-27(41)29(6-3,39-28(40)42)22-11-12-24-25(19-22)45-16-15-44-24/h11-12,17-18,22,43H,4-10,13-16,19H2,1-3H3,(H,39,42). The predicted molar refractivity (Wildman–Crippen MR) is 155 cm³/mol. The Hall–Kier alpha value is -3.42. The number of unbranched alkanes of at least 4 members (excludes halogenated alkanes) is 1. The zero-order chi connectivity index (χ0) is 33.9. The average molecular weight is 663 g/mol. The van der Waals surface area contributed by atoms with E-state index in [0.29, 0.717) is 63.3 Å². The lowest BCUT2D eigenvalue weighted by molar-refractivity contribution is -0.376. The zero-order valence-electron chi connectivity index (χ0n) is 26.1. The van der Waals surface area contributed by atoms with Crippen molar-refractivity contribution in [1.29, 1.82) is 0 Å². The number of alkyl halides is 6. The predicted octanol–water partition coefficient (Wildman–Crippen LogP) is 6.60. The number of nitrogens with one attached hydrogen (secondary N) is 1. The number of aryl methyl sites for hydroxylation is 2. The lowest BCUT2D eigenvalue weighted by atomic mass is 9.77. The Labute approximate surface area is 263 Å². The topological polar surface area (TPSA) is 97.3 Å². The number of hydrogen-bond donors (Lipinski definition) is 2. The van der Waals surface area contributed by atoms with Gasteiger partial charge in [0.1, 0.15) is 30.3 Å². The number of hydrogen-bond acceptors (Lipinski definition) is 6. The number of carbonyl (C=O) groups is 2. The van der Waals surface area contributed by atoms with Gasteiger partial charge in [0.25, 0.3) is 11.5 Å². The molecule has 4 rings (SSSR count). The quantitative estimate of drug-likeness (QED) is 0.141. The monoisotopic (exact) mass is 662 g/mol. The fourth-order valence-corrected chi connectivity index (χ4v) is 6.27. The van der Waals surface area contributed by atoms with E-state index in [1.165, 1.54) is 0 Å². The maximum Gasteiger partial charge on any atom is 0.430 e. The Morgan fingerprint density at radius 2 is 1.59 bits per heavy atom. The molecule has 0 aromatic heterocycles. The molecular weight excluding hydrogens is 622 g/mol. The number of allylic oxidation sites excluding steroid dienone is 2. The van der Waals surface area contributed by atoms with E-state index in [-0.39, 0.29) is 54.7 Å². The van der Waals surface area contributed by atoms with Crippen LogP contribution < -0.4 is 10.1 Å². The largest absolute Gasteiger partial charge is 0.493 e. The smallest absolute Gasteiger partial charge is 0.430 e. The Kier molecular flexibility index (Phi) is 10.6. The van der Waals surface area contributed by atoms with Gasteiger partial charge in [-0.1, -0.05) is 39.7 Å². The molecule has 2 N–H and O–H groups in total. The van der Waals surface area contributed by atoms with Crippen LogP contribution in [0.1, 0.15) is 76.0 Å². The number of rotatable bonds is 13. The zero-order valence-corrected chi connectivity index (χ0v) is 26.1. The summed E-state index contributed by atoms with van der Waals surface area (Å²) >= 11 is 0. The second-order valence-electron chi connectivity index (χ2n) is 11.8. The molecule has 8 nitrogen and oxygen atoms in total. The van der Waals surface area contributed by atoms with E-state index < -0.39 is 35.1 Å². The van der Waals surface area contributed by atoms with Crippen LogP contribution in [0.3, 0.4) is 0 Å². The van der Waals surface area contributed by atoms with Gasteiger partial charge in [-0.25, -0.2) is 4.79 Å². The lowest BCUT2D eigenvalue weighted by Gasteiger charge is -2.36. The number of aliphatic hydroxyl groups is 1. The molecule has 1 saturated heterocycles. The van der Waals surface area contributed by atoms with Gasteiger partial charge < -0.3 is 24.6 Å². The molecule has 1 aromatic carbocycles. The number of carbonyl (C=O) groups excluding carboxylic acids is 2. The van der Waals surface area contributed by atoms with Crippen LogP contribution in [0.4, 0.5) is 31.1 Å². The van der Waals surface area contributed by atoms with E-state index in [0.717, 1.165) is 17.0 Å². The molecule has 256 valence electrons. The van der Waals surface area contributed by atoms with Crippen molar-refractivity contribution >= 4 is 11.9 Å². The third-order valence-electron chi connectivity index (χ3n) is 8.71. The summed E-state index contributed by atoms with van der Waals surface area (Å²) < 4.78 is 99.2. The Morgan fingerprint density at radius 1 is 0.978 bits per heavy atom. The summed E-state index contributed by atoms with van der Waals surface area (Å²) in [7, 11) is 0. The number of urea groups is 1. The van der Waals surface area contributed by atoms with Gasteiger partial charge in [-0.3, -0.25) is 9.69 Å². The molecule has 0 saturated carbocycles. The first-order valence-corrected chi connectivity index (χ1v) is 15.6. The molecule has 2 aliphatic heterocycles. The number of halogens is 6. The second kappa shape index (κ2) is 13.7. The van der Waals surface area contributed by atoms with E-state index in [9.17, 15) is 41.0 Å².